The molecule has 2 unspecified atom stereocenters. The maximum absolute atomic E-state index is 10.6. The third-order valence-corrected chi connectivity index (χ3v) is 3.72. The normalized spacial score (nSPS) is 29.0. The van der Waals surface area contributed by atoms with Crippen molar-refractivity contribution in [2.45, 2.75) is 39.3 Å². The Labute approximate surface area is 90.4 Å². The molecule has 2 aliphatic heterocycles. The van der Waals surface area contributed by atoms with Gasteiger partial charge < -0.3 is 10.6 Å². The number of carbonyl (C=O) groups excluding carboxylic acids is 1. The predicted octanol–water partition coefficient (Wildman–Crippen LogP) is 1.84. The molecule has 0 aliphatic carbocycles. The lowest BCUT2D eigenvalue weighted by Crippen LogP contribution is -2.31. The van der Waals surface area contributed by atoms with Gasteiger partial charge in [0.2, 0.25) is 0 Å². The van der Waals surface area contributed by atoms with E-state index in [0.29, 0.717) is 12.1 Å². The van der Waals surface area contributed by atoms with Crippen LogP contribution in [-0.2, 0) is 0 Å². The van der Waals surface area contributed by atoms with Crippen LogP contribution in [0.15, 0.2) is 0 Å². The monoisotopic (exact) mass is 216 g/mol. The summed E-state index contributed by atoms with van der Waals surface area (Å²) in [4.78, 5) is 10.6. The molecule has 2 atom stereocenters. The zero-order valence-electron chi connectivity index (χ0n) is 9.17. The smallest absolute Gasteiger partial charge is 0.315 e. The number of carbonyl (C=O) groups is 1. The summed E-state index contributed by atoms with van der Waals surface area (Å²) in [6.07, 6.45) is 1.31. The quantitative estimate of drug-likeness (QED) is 0.657. The van der Waals surface area contributed by atoms with Crippen molar-refractivity contribution in [1.82, 2.24) is 10.6 Å². The van der Waals surface area contributed by atoms with Crippen molar-refractivity contribution in [2.75, 3.05) is 11.5 Å². The summed E-state index contributed by atoms with van der Waals surface area (Å²) < 4.78 is 0. The molecule has 4 heteroatoms. The van der Waals surface area contributed by atoms with Gasteiger partial charge in [0, 0.05) is 11.5 Å². The van der Waals surface area contributed by atoms with E-state index in [1.807, 2.05) is 11.8 Å². The summed E-state index contributed by atoms with van der Waals surface area (Å²) in [6.45, 7) is 6.64. The number of nitrogens with one attached hydrogen (secondary N) is 2. The second-order valence-corrected chi connectivity index (χ2v) is 5.25. The van der Waals surface area contributed by atoms with Crippen LogP contribution in [0.3, 0.4) is 0 Å². The first-order valence-electron chi connectivity index (χ1n) is 5.28. The van der Waals surface area contributed by atoms with E-state index >= 15 is 0 Å². The Kier molecular flexibility index (Phi) is 4.58. The lowest BCUT2D eigenvalue weighted by atomic mass is 10.2. The summed E-state index contributed by atoms with van der Waals surface area (Å²) in [5.41, 5.74) is 0. The standard InChI is InChI=1S/C5H8N2OS.C5H12/c8-5-6-3-1-9-2-4(3)7-5;1-4-5(2)3/h3-4H,1-2H2,(H2,6,7,8);5H,4H2,1-3H3. The van der Waals surface area contributed by atoms with Crippen LogP contribution in [0.25, 0.3) is 0 Å². The molecule has 2 heterocycles. The third kappa shape index (κ3) is 3.40. The molecule has 82 valence electrons. The number of rotatable bonds is 1. The van der Waals surface area contributed by atoms with Gasteiger partial charge in [-0.2, -0.15) is 11.8 Å². The molecular weight excluding hydrogens is 196 g/mol. The van der Waals surface area contributed by atoms with Crippen LogP contribution in [0.1, 0.15) is 27.2 Å². The van der Waals surface area contributed by atoms with Gasteiger partial charge in [-0.25, -0.2) is 4.79 Å². The number of hydrogen-bond donors (Lipinski definition) is 2. The molecular formula is C10H20N2OS. The van der Waals surface area contributed by atoms with Gasteiger partial charge in [0.05, 0.1) is 12.1 Å². The molecule has 3 nitrogen and oxygen atoms in total. The molecule has 0 saturated carbocycles. The summed E-state index contributed by atoms with van der Waals surface area (Å²) >= 11 is 1.89. The molecule has 2 N–H and O–H groups in total. The highest BCUT2D eigenvalue weighted by Gasteiger charge is 2.35. The Bertz CT molecular complexity index is 183. The van der Waals surface area contributed by atoms with Crippen LogP contribution in [0.4, 0.5) is 4.79 Å². The Morgan fingerprint density at radius 2 is 1.79 bits per heavy atom. The molecule has 0 radical (unpaired) electrons. The Morgan fingerprint density at radius 1 is 1.36 bits per heavy atom. The van der Waals surface area contributed by atoms with Crippen molar-refractivity contribution < 1.29 is 4.79 Å². The molecule has 2 rings (SSSR count). The van der Waals surface area contributed by atoms with Crippen molar-refractivity contribution in [3.8, 4) is 0 Å². The summed E-state index contributed by atoms with van der Waals surface area (Å²) in [6, 6.07) is 0.815. The SMILES string of the molecule is CCC(C)C.O=C1NC2CSCC2N1. The van der Waals surface area contributed by atoms with Crippen LogP contribution in [-0.4, -0.2) is 29.6 Å². The van der Waals surface area contributed by atoms with Crippen molar-refractivity contribution in [3.05, 3.63) is 0 Å². The Balaban J connectivity index is 0.000000171. The van der Waals surface area contributed by atoms with Crippen LogP contribution < -0.4 is 10.6 Å². The number of urea groups is 1. The van der Waals surface area contributed by atoms with E-state index in [2.05, 4.69) is 31.4 Å². The average Bonchev–Trinajstić information content (AvgIpc) is 2.64. The van der Waals surface area contributed by atoms with Gasteiger partial charge in [-0.05, 0) is 5.92 Å². The van der Waals surface area contributed by atoms with Crippen molar-refractivity contribution >= 4 is 17.8 Å². The Hall–Kier alpha value is -0.380. The molecule has 2 amide bonds. The molecule has 2 fully saturated rings. The van der Waals surface area contributed by atoms with Crippen LogP contribution >= 0.6 is 11.8 Å². The maximum Gasteiger partial charge on any atom is 0.315 e. The molecule has 0 bridgehead atoms. The van der Waals surface area contributed by atoms with Crippen molar-refractivity contribution in [2.24, 2.45) is 5.92 Å². The largest absolute Gasteiger partial charge is 0.332 e. The van der Waals surface area contributed by atoms with Crippen molar-refractivity contribution in [1.29, 1.82) is 0 Å². The molecule has 0 spiro atoms. The summed E-state index contributed by atoms with van der Waals surface area (Å²) in [5.74, 6) is 3.03. The number of hydrogen-bond acceptors (Lipinski definition) is 2. The van der Waals surface area contributed by atoms with E-state index in [1.54, 1.807) is 0 Å². The number of amides is 2. The van der Waals surface area contributed by atoms with E-state index in [4.69, 9.17) is 0 Å². The second-order valence-electron chi connectivity index (χ2n) is 4.17. The fraction of sp³-hybridized carbons (Fsp3) is 0.900. The predicted molar refractivity (Wildman–Crippen MR) is 61.7 cm³/mol. The molecule has 0 aromatic carbocycles. The highest BCUT2D eigenvalue weighted by atomic mass is 32.2. The van der Waals surface area contributed by atoms with Gasteiger partial charge in [-0.1, -0.05) is 27.2 Å². The molecule has 0 aromatic rings. The van der Waals surface area contributed by atoms with Gasteiger partial charge in [0.25, 0.3) is 0 Å². The lowest BCUT2D eigenvalue weighted by molar-refractivity contribution is 0.247. The average molecular weight is 216 g/mol. The highest BCUT2D eigenvalue weighted by molar-refractivity contribution is 7.99. The molecule has 0 aromatic heterocycles. The molecule has 2 aliphatic rings. The first-order valence-corrected chi connectivity index (χ1v) is 6.43. The van der Waals surface area contributed by atoms with Gasteiger partial charge in [-0.15, -0.1) is 0 Å². The minimum absolute atomic E-state index is 0.00491. The third-order valence-electron chi connectivity index (χ3n) is 2.53. The summed E-state index contributed by atoms with van der Waals surface area (Å²) in [7, 11) is 0. The number of fused-ring (bicyclic) bond motifs is 1. The first-order chi connectivity index (χ1) is 6.63. The zero-order valence-corrected chi connectivity index (χ0v) is 9.99. The molecule has 14 heavy (non-hydrogen) atoms. The highest BCUT2D eigenvalue weighted by Crippen LogP contribution is 2.20. The fourth-order valence-electron chi connectivity index (χ4n) is 1.22. The van der Waals surface area contributed by atoms with Crippen LogP contribution in [0.2, 0.25) is 0 Å². The van der Waals surface area contributed by atoms with Gasteiger partial charge in [0.15, 0.2) is 0 Å². The van der Waals surface area contributed by atoms with E-state index in [1.165, 1.54) is 6.42 Å². The van der Waals surface area contributed by atoms with Crippen LogP contribution in [0.5, 0.6) is 0 Å². The molecule has 2 saturated heterocycles. The van der Waals surface area contributed by atoms with Crippen molar-refractivity contribution in [3.63, 3.8) is 0 Å². The topological polar surface area (TPSA) is 41.1 Å². The van der Waals surface area contributed by atoms with E-state index in [-0.39, 0.29) is 6.03 Å². The van der Waals surface area contributed by atoms with Gasteiger partial charge >= 0.3 is 6.03 Å². The fourth-order valence-corrected chi connectivity index (χ4v) is 2.49. The van der Waals surface area contributed by atoms with E-state index in [0.717, 1.165) is 17.4 Å². The second kappa shape index (κ2) is 5.49. The lowest BCUT2D eigenvalue weighted by Gasteiger charge is -2.02. The van der Waals surface area contributed by atoms with Gasteiger partial charge in [0.1, 0.15) is 0 Å². The van der Waals surface area contributed by atoms with Crippen LogP contribution in [0, 0.1) is 5.92 Å². The van der Waals surface area contributed by atoms with E-state index in [9.17, 15) is 4.79 Å². The van der Waals surface area contributed by atoms with E-state index < -0.39 is 0 Å². The summed E-state index contributed by atoms with van der Waals surface area (Å²) in [5, 5.41) is 5.69. The maximum atomic E-state index is 10.6. The first kappa shape index (κ1) is 11.7. The minimum atomic E-state index is 0.00491. The zero-order chi connectivity index (χ0) is 10.6. The number of thioether (sulfide) groups is 1. The Morgan fingerprint density at radius 3 is 2.14 bits per heavy atom. The van der Waals surface area contributed by atoms with Gasteiger partial charge in [-0.3, -0.25) is 0 Å². The minimum Gasteiger partial charge on any atom is -0.332 e.